The first-order valence-corrected chi connectivity index (χ1v) is 6.69. The average molecular weight is 265 g/mol. The van der Waals surface area contributed by atoms with E-state index in [1.165, 1.54) is 0 Å². The standard InChI is InChI=1S/C15H23NO3/c1-11(2)10-16-13(8-9-14(17)18)15(19)12-6-4-3-5-7-12/h3-7,11,13,15-16,19H,8-10H2,1-2H3,(H,17,18). The summed E-state index contributed by atoms with van der Waals surface area (Å²) in [6, 6.07) is 9.11. The third-order valence-electron chi connectivity index (χ3n) is 2.98. The molecule has 1 aromatic rings. The Balaban J connectivity index is 2.68. The molecule has 19 heavy (non-hydrogen) atoms. The van der Waals surface area contributed by atoms with Gasteiger partial charge in [0.15, 0.2) is 0 Å². The van der Waals surface area contributed by atoms with Gasteiger partial charge >= 0.3 is 5.97 Å². The van der Waals surface area contributed by atoms with Crippen LogP contribution in [0.3, 0.4) is 0 Å². The Morgan fingerprint density at radius 1 is 1.26 bits per heavy atom. The Bertz CT molecular complexity index is 378. The SMILES string of the molecule is CC(C)CNC(CCC(=O)O)C(O)c1ccccc1. The molecule has 3 N–H and O–H groups in total. The second-order valence-corrected chi connectivity index (χ2v) is 5.20. The van der Waals surface area contributed by atoms with Gasteiger partial charge in [-0.15, -0.1) is 0 Å². The molecule has 0 saturated heterocycles. The molecule has 2 atom stereocenters. The van der Waals surface area contributed by atoms with Gasteiger partial charge < -0.3 is 15.5 Å². The molecule has 0 saturated carbocycles. The minimum atomic E-state index is -0.836. The van der Waals surface area contributed by atoms with Crippen molar-refractivity contribution in [1.82, 2.24) is 5.32 Å². The number of aliphatic hydroxyl groups is 1. The van der Waals surface area contributed by atoms with Gasteiger partial charge in [-0.1, -0.05) is 44.2 Å². The molecular weight excluding hydrogens is 242 g/mol. The first-order valence-electron chi connectivity index (χ1n) is 6.69. The highest BCUT2D eigenvalue weighted by Gasteiger charge is 2.21. The fraction of sp³-hybridized carbons (Fsp3) is 0.533. The third kappa shape index (κ3) is 5.85. The summed E-state index contributed by atoms with van der Waals surface area (Å²) in [5, 5.41) is 22.4. The molecule has 0 heterocycles. The van der Waals surface area contributed by atoms with Crippen LogP contribution in [0.4, 0.5) is 0 Å². The summed E-state index contributed by atoms with van der Waals surface area (Å²) in [6.45, 7) is 4.92. The van der Waals surface area contributed by atoms with Crippen molar-refractivity contribution in [3.8, 4) is 0 Å². The van der Waals surface area contributed by atoms with Gasteiger partial charge in [0.05, 0.1) is 6.10 Å². The number of hydrogen-bond acceptors (Lipinski definition) is 3. The molecule has 0 aliphatic carbocycles. The Morgan fingerprint density at radius 2 is 1.89 bits per heavy atom. The maximum absolute atomic E-state index is 10.7. The van der Waals surface area contributed by atoms with Gasteiger partial charge in [0.1, 0.15) is 0 Å². The van der Waals surface area contributed by atoms with E-state index in [-0.39, 0.29) is 12.5 Å². The lowest BCUT2D eigenvalue weighted by atomic mass is 9.98. The molecule has 1 aromatic carbocycles. The van der Waals surface area contributed by atoms with Crippen molar-refractivity contribution >= 4 is 5.97 Å². The molecule has 4 nitrogen and oxygen atoms in total. The number of rotatable bonds is 8. The molecule has 0 bridgehead atoms. The van der Waals surface area contributed by atoms with Gasteiger partial charge in [-0.3, -0.25) is 4.79 Å². The van der Waals surface area contributed by atoms with Crippen molar-refractivity contribution in [3.05, 3.63) is 35.9 Å². The van der Waals surface area contributed by atoms with E-state index < -0.39 is 12.1 Å². The topological polar surface area (TPSA) is 69.6 Å². The zero-order chi connectivity index (χ0) is 14.3. The number of nitrogens with one attached hydrogen (secondary N) is 1. The number of carboxylic acids is 1. The van der Waals surface area contributed by atoms with Crippen LogP contribution in [0.1, 0.15) is 38.4 Å². The molecule has 1 rings (SSSR count). The fourth-order valence-electron chi connectivity index (χ4n) is 1.92. The first-order chi connectivity index (χ1) is 9.00. The van der Waals surface area contributed by atoms with Crippen LogP contribution in [0.15, 0.2) is 30.3 Å². The second-order valence-electron chi connectivity index (χ2n) is 5.20. The van der Waals surface area contributed by atoms with Crippen LogP contribution in [-0.4, -0.2) is 28.8 Å². The van der Waals surface area contributed by atoms with Crippen molar-refractivity contribution in [2.75, 3.05) is 6.54 Å². The number of carbonyl (C=O) groups is 1. The molecule has 0 amide bonds. The van der Waals surface area contributed by atoms with Crippen LogP contribution in [-0.2, 0) is 4.79 Å². The third-order valence-corrected chi connectivity index (χ3v) is 2.98. The molecule has 106 valence electrons. The molecule has 0 spiro atoms. The number of aliphatic hydroxyl groups excluding tert-OH is 1. The zero-order valence-electron chi connectivity index (χ0n) is 11.5. The lowest BCUT2D eigenvalue weighted by Gasteiger charge is -2.25. The van der Waals surface area contributed by atoms with Crippen LogP contribution in [0.2, 0.25) is 0 Å². The summed E-state index contributed by atoms with van der Waals surface area (Å²) in [5.41, 5.74) is 0.814. The highest BCUT2D eigenvalue weighted by molar-refractivity contribution is 5.66. The highest BCUT2D eigenvalue weighted by Crippen LogP contribution is 2.20. The number of aliphatic carboxylic acids is 1. The number of hydrogen-bond donors (Lipinski definition) is 3. The zero-order valence-corrected chi connectivity index (χ0v) is 11.5. The normalized spacial score (nSPS) is 14.3. The summed E-state index contributed by atoms with van der Waals surface area (Å²) >= 11 is 0. The van der Waals surface area contributed by atoms with Crippen LogP contribution in [0, 0.1) is 5.92 Å². The van der Waals surface area contributed by atoms with Gasteiger partial charge in [-0.05, 0) is 24.4 Å². The van der Waals surface area contributed by atoms with Crippen molar-refractivity contribution < 1.29 is 15.0 Å². The van der Waals surface area contributed by atoms with Gasteiger partial charge in [-0.2, -0.15) is 0 Å². The maximum atomic E-state index is 10.7. The highest BCUT2D eigenvalue weighted by atomic mass is 16.4. The van der Waals surface area contributed by atoms with E-state index in [0.29, 0.717) is 12.3 Å². The molecule has 2 unspecified atom stereocenters. The minimum Gasteiger partial charge on any atom is -0.481 e. The Labute approximate surface area is 114 Å². The molecule has 0 aliphatic rings. The second kappa shape index (κ2) is 7.92. The summed E-state index contributed by atoms with van der Waals surface area (Å²) in [5.74, 6) is -0.382. The Hall–Kier alpha value is -1.39. The van der Waals surface area contributed by atoms with Crippen molar-refractivity contribution in [2.45, 2.75) is 38.8 Å². The van der Waals surface area contributed by atoms with Crippen LogP contribution >= 0.6 is 0 Å². The summed E-state index contributed by atoms with van der Waals surface area (Å²) in [6.07, 6.45) is -0.211. The van der Waals surface area contributed by atoms with E-state index in [1.807, 2.05) is 30.3 Å². The molecule has 4 heteroatoms. The smallest absolute Gasteiger partial charge is 0.303 e. The summed E-state index contributed by atoms with van der Waals surface area (Å²) in [7, 11) is 0. The lowest BCUT2D eigenvalue weighted by Crippen LogP contribution is -2.37. The maximum Gasteiger partial charge on any atom is 0.303 e. The average Bonchev–Trinajstić information content (AvgIpc) is 2.38. The minimum absolute atomic E-state index is 0.0552. The van der Waals surface area contributed by atoms with E-state index in [4.69, 9.17) is 5.11 Å². The summed E-state index contributed by atoms with van der Waals surface area (Å²) in [4.78, 5) is 10.7. The van der Waals surface area contributed by atoms with Gasteiger partial charge in [0.2, 0.25) is 0 Å². The molecule has 0 aromatic heterocycles. The van der Waals surface area contributed by atoms with Crippen LogP contribution < -0.4 is 5.32 Å². The van der Waals surface area contributed by atoms with E-state index in [0.717, 1.165) is 12.1 Å². The quantitative estimate of drug-likeness (QED) is 0.674. The monoisotopic (exact) mass is 265 g/mol. The largest absolute Gasteiger partial charge is 0.481 e. The predicted octanol–water partition coefficient (Wildman–Crippen LogP) is 2.20. The Kier molecular flexibility index (Phi) is 6.53. The van der Waals surface area contributed by atoms with E-state index in [2.05, 4.69) is 19.2 Å². The number of carboxylic acid groups (broad SMARTS) is 1. The summed E-state index contributed by atoms with van der Waals surface area (Å²) < 4.78 is 0. The van der Waals surface area contributed by atoms with E-state index in [1.54, 1.807) is 0 Å². The first kappa shape index (κ1) is 15.7. The van der Waals surface area contributed by atoms with Crippen LogP contribution in [0.25, 0.3) is 0 Å². The van der Waals surface area contributed by atoms with Crippen molar-refractivity contribution in [2.24, 2.45) is 5.92 Å². The lowest BCUT2D eigenvalue weighted by molar-refractivity contribution is -0.137. The molecule has 0 fully saturated rings. The number of benzene rings is 1. The van der Waals surface area contributed by atoms with Gasteiger partial charge in [0, 0.05) is 12.5 Å². The van der Waals surface area contributed by atoms with E-state index in [9.17, 15) is 9.90 Å². The molecule has 0 radical (unpaired) electrons. The van der Waals surface area contributed by atoms with E-state index >= 15 is 0 Å². The molecule has 0 aliphatic heterocycles. The van der Waals surface area contributed by atoms with Crippen molar-refractivity contribution in [3.63, 3.8) is 0 Å². The molecular formula is C15H23NO3. The fourth-order valence-corrected chi connectivity index (χ4v) is 1.92. The van der Waals surface area contributed by atoms with Gasteiger partial charge in [0.25, 0.3) is 0 Å². The van der Waals surface area contributed by atoms with Crippen LogP contribution in [0.5, 0.6) is 0 Å². The van der Waals surface area contributed by atoms with Crippen molar-refractivity contribution in [1.29, 1.82) is 0 Å². The Morgan fingerprint density at radius 3 is 2.42 bits per heavy atom. The van der Waals surface area contributed by atoms with Gasteiger partial charge in [-0.25, -0.2) is 0 Å². The predicted molar refractivity (Wildman–Crippen MR) is 74.9 cm³/mol.